The first-order chi connectivity index (χ1) is 27.3. The number of hydrogen-bond acceptors (Lipinski definition) is 9. The Bertz CT molecular complexity index is 1780. The van der Waals surface area contributed by atoms with E-state index in [1.54, 1.807) is 19.1 Å². The Labute approximate surface area is 332 Å². The molecule has 2 aromatic rings. The number of aromatic hydroxyl groups is 1. The number of carbonyl (C=O) groups is 7. The molecule has 7 atom stereocenters. The third-order valence-corrected chi connectivity index (χ3v) is 11.3. The first kappa shape index (κ1) is 42.6. The fraction of sp³-hybridized carbons (Fsp3) is 0.537. The van der Waals surface area contributed by atoms with E-state index >= 15 is 0 Å². The van der Waals surface area contributed by atoms with E-state index in [2.05, 4.69) is 16.0 Å². The van der Waals surface area contributed by atoms with Gasteiger partial charge in [0.05, 0.1) is 12.6 Å². The van der Waals surface area contributed by atoms with Crippen LogP contribution in [0.5, 0.6) is 5.75 Å². The number of phenolic OH excluding ortho intramolecular Hbond substituents is 1. The molecule has 16 nitrogen and oxygen atoms in total. The van der Waals surface area contributed by atoms with Gasteiger partial charge in [0.1, 0.15) is 36.0 Å². The Hall–Kier alpha value is -5.51. The number of carbonyl (C=O) groups excluding carboxylic acids is 6. The Morgan fingerprint density at radius 1 is 0.719 bits per heavy atom. The average molecular weight is 790 g/mol. The minimum Gasteiger partial charge on any atom is -0.508 e. The number of hydrogen-bond donors (Lipinski definition) is 6. The van der Waals surface area contributed by atoms with Crippen molar-refractivity contribution >= 4 is 41.4 Å². The molecule has 0 aromatic heterocycles. The predicted octanol–water partition coefficient (Wildman–Crippen LogP) is 0.694. The van der Waals surface area contributed by atoms with Gasteiger partial charge in [-0.15, -0.1) is 0 Å². The van der Waals surface area contributed by atoms with E-state index in [-0.39, 0.29) is 43.5 Å². The molecule has 308 valence electrons. The normalized spacial score (nSPS) is 21.3. The fourth-order valence-corrected chi connectivity index (χ4v) is 7.96. The number of carboxylic acids is 1. The number of amides is 6. The quantitative estimate of drug-likeness (QED) is 0.139. The molecule has 7 N–H and O–H groups in total. The number of carboxylic acid groups (broad SMARTS) is 1. The minimum atomic E-state index is -1.16. The number of phenols is 1. The molecular weight excluding hydrogens is 734 g/mol. The highest BCUT2D eigenvalue weighted by molar-refractivity contribution is 5.97. The van der Waals surface area contributed by atoms with Crippen LogP contribution in [-0.2, 0) is 46.4 Å². The molecule has 0 aliphatic carbocycles. The first-order valence-electron chi connectivity index (χ1n) is 19.9. The molecule has 3 fully saturated rings. The van der Waals surface area contributed by atoms with Gasteiger partial charge in [-0.05, 0) is 74.1 Å². The predicted molar refractivity (Wildman–Crippen MR) is 208 cm³/mol. The summed E-state index contributed by atoms with van der Waals surface area (Å²) in [7, 11) is 0. The lowest BCUT2D eigenvalue weighted by Gasteiger charge is -2.31. The lowest BCUT2D eigenvalue weighted by atomic mass is 9.98. The van der Waals surface area contributed by atoms with E-state index in [4.69, 9.17) is 5.73 Å². The van der Waals surface area contributed by atoms with Crippen LogP contribution < -0.4 is 21.7 Å². The summed E-state index contributed by atoms with van der Waals surface area (Å²) in [6.45, 7) is 4.03. The SMILES string of the molecule is CCC(C)[C@H](NC(=O)[C@@H]1CCCN1C(=O)[C@H](Cc1ccccc1)NC(=O)[C@@H]1CCCN1C(=O)CNC(=O)[C@@H]1CCCN1C(=O)[C@@H](N)Cc1ccc(O)cc1)C(=O)O. The fourth-order valence-electron chi connectivity index (χ4n) is 7.96. The van der Waals surface area contributed by atoms with Crippen molar-refractivity contribution in [1.82, 2.24) is 30.7 Å². The lowest BCUT2D eigenvalue weighted by Crippen LogP contribution is -2.58. The number of benzene rings is 2. The average Bonchev–Trinajstić information content (AvgIpc) is 4.01. The zero-order valence-corrected chi connectivity index (χ0v) is 32.6. The van der Waals surface area contributed by atoms with Crippen LogP contribution in [0.15, 0.2) is 54.6 Å². The summed E-state index contributed by atoms with van der Waals surface area (Å²) in [4.78, 5) is 97.8. The summed E-state index contributed by atoms with van der Waals surface area (Å²) in [6, 6.07) is 9.73. The van der Waals surface area contributed by atoms with E-state index < -0.39 is 78.3 Å². The zero-order valence-electron chi connectivity index (χ0n) is 32.6. The van der Waals surface area contributed by atoms with Crippen molar-refractivity contribution in [3.8, 4) is 5.75 Å². The Morgan fingerprint density at radius 3 is 1.84 bits per heavy atom. The van der Waals surface area contributed by atoms with Crippen molar-refractivity contribution in [2.24, 2.45) is 11.7 Å². The van der Waals surface area contributed by atoms with Crippen LogP contribution in [0.1, 0.15) is 69.9 Å². The largest absolute Gasteiger partial charge is 0.508 e. The Kier molecular flexibility index (Phi) is 14.6. The van der Waals surface area contributed by atoms with Crippen molar-refractivity contribution in [1.29, 1.82) is 0 Å². The van der Waals surface area contributed by atoms with Gasteiger partial charge in [0, 0.05) is 26.1 Å². The summed E-state index contributed by atoms with van der Waals surface area (Å²) < 4.78 is 0. The van der Waals surface area contributed by atoms with Crippen LogP contribution >= 0.6 is 0 Å². The molecule has 0 spiro atoms. The molecule has 1 unspecified atom stereocenters. The molecule has 16 heteroatoms. The van der Waals surface area contributed by atoms with Gasteiger partial charge in [-0.2, -0.15) is 0 Å². The van der Waals surface area contributed by atoms with Crippen LogP contribution in [0.25, 0.3) is 0 Å². The summed E-state index contributed by atoms with van der Waals surface area (Å²) in [5.41, 5.74) is 7.75. The molecule has 5 rings (SSSR count). The highest BCUT2D eigenvalue weighted by Crippen LogP contribution is 2.24. The third kappa shape index (κ3) is 10.7. The lowest BCUT2D eigenvalue weighted by molar-refractivity contribution is -0.146. The maximum Gasteiger partial charge on any atom is 0.326 e. The smallest absolute Gasteiger partial charge is 0.326 e. The van der Waals surface area contributed by atoms with Crippen molar-refractivity contribution in [3.05, 3.63) is 65.7 Å². The highest BCUT2D eigenvalue weighted by atomic mass is 16.4. The highest BCUT2D eigenvalue weighted by Gasteiger charge is 2.42. The molecule has 3 heterocycles. The van der Waals surface area contributed by atoms with E-state index in [9.17, 15) is 43.8 Å². The minimum absolute atomic E-state index is 0.0954. The van der Waals surface area contributed by atoms with Gasteiger partial charge in [-0.1, -0.05) is 62.7 Å². The second-order valence-corrected chi connectivity index (χ2v) is 15.3. The van der Waals surface area contributed by atoms with Gasteiger partial charge in [0.25, 0.3) is 0 Å². The molecular formula is C41H55N7O9. The van der Waals surface area contributed by atoms with Crippen LogP contribution in [-0.4, -0.2) is 129 Å². The Balaban J connectivity index is 1.21. The number of rotatable bonds is 16. The van der Waals surface area contributed by atoms with Gasteiger partial charge in [-0.25, -0.2) is 4.79 Å². The topological polar surface area (TPSA) is 232 Å². The van der Waals surface area contributed by atoms with E-state index in [0.29, 0.717) is 51.5 Å². The number of nitrogens with one attached hydrogen (secondary N) is 3. The summed E-state index contributed by atoms with van der Waals surface area (Å²) >= 11 is 0. The maximum atomic E-state index is 14.2. The molecule has 3 aliphatic rings. The first-order valence-corrected chi connectivity index (χ1v) is 19.9. The van der Waals surface area contributed by atoms with Gasteiger partial charge in [0.2, 0.25) is 35.4 Å². The van der Waals surface area contributed by atoms with Crippen molar-refractivity contribution in [3.63, 3.8) is 0 Å². The zero-order chi connectivity index (χ0) is 41.2. The summed E-state index contributed by atoms with van der Waals surface area (Å²) in [5.74, 6) is -4.35. The van der Waals surface area contributed by atoms with Crippen LogP contribution in [0.3, 0.4) is 0 Å². The molecule has 0 saturated carbocycles. The van der Waals surface area contributed by atoms with E-state index in [1.165, 1.54) is 26.8 Å². The van der Waals surface area contributed by atoms with E-state index in [1.807, 2.05) is 37.3 Å². The maximum absolute atomic E-state index is 14.2. The van der Waals surface area contributed by atoms with Gasteiger partial charge in [-0.3, -0.25) is 28.8 Å². The molecule has 6 amide bonds. The van der Waals surface area contributed by atoms with Crippen molar-refractivity contribution in [2.45, 2.75) is 108 Å². The standard InChI is InChI=1S/C41H55N7O9/c1-3-25(2)35(41(56)57)45-38(53)33-14-9-21-48(33)40(55)30(23-26-10-5-4-6-11-26)44-37(52)32-13-7-19-46(32)34(50)24-43-36(51)31-12-8-20-47(31)39(54)29(42)22-27-15-17-28(49)18-16-27/h4-6,10-11,15-18,25,29-33,35,49H,3,7-9,12-14,19-24,42H2,1-2H3,(H,43,51)(H,44,52)(H,45,53)(H,56,57)/t25?,29-,30-,31-,32-,33-,35-/m0/s1. The van der Waals surface area contributed by atoms with Crippen molar-refractivity contribution < 1.29 is 43.8 Å². The van der Waals surface area contributed by atoms with Crippen molar-refractivity contribution in [2.75, 3.05) is 26.2 Å². The molecule has 3 aliphatic heterocycles. The number of nitrogens with two attached hydrogens (primary N) is 1. The second-order valence-electron chi connectivity index (χ2n) is 15.3. The van der Waals surface area contributed by atoms with Crippen LogP contribution in [0.2, 0.25) is 0 Å². The Morgan fingerprint density at radius 2 is 1.25 bits per heavy atom. The second kappa shape index (κ2) is 19.6. The molecule has 0 bridgehead atoms. The molecule has 0 radical (unpaired) electrons. The molecule has 57 heavy (non-hydrogen) atoms. The number of aliphatic carboxylic acids is 1. The monoisotopic (exact) mass is 789 g/mol. The summed E-state index contributed by atoms with van der Waals surface area (Å²) in [5, 5.41) is 27.4. The molecule has 3 saturated heterocycles. The summed E-state index contributed by atoms with van der Waals surface area (Å²) in [6.07, 6.45) is 3.58. The third-order valence-electron chi connectivity index (χ3n) is 11.3. The van der Waals surface area contributed by atoms with Crippen LogP contribution in [0, 0.1) is 5.92 Å². The van der Waals surface area contributed by atoms with Gasteiger partial charge >= 0.3 is 5.97 Å². The van der Waals surface area contributed by atoms with E-state index in [0.717, 1.165) is 11.1 Å². The number of nitrogens with zero attached hydrogens (tertiary/aromatic N) is 3. The number of likely N-dealkylation sites (tertiary alicyclic amines) is 3. The van der Waals surface area contributed by atoms with Crippen LogP contribution in [0.4, 0.5) is 0 Å². The van der Waals surface area contributed by atoms with Gasteiger partial charge < -0.3 is 46.6 Å². The molecule has 2 aromatic carbocycles. The van der Waals surface area contributed by atoms with Gasteiger partial charge in [0.15, 0.2) is 0 Å².